The van der Waals surface area contributed by atoms with Gasteiger partial charge in [-0.3, -0.25) is 9.69 Å². The number of carbonyl (C=O) groups is 1. The molecule has 0 aromatic heterocycles. The summed E-state index contributed by atoms with van der Waals surface area (Å²) in [6.45, 7) is 3.31. The first-order valence-corrected chi connectivity index (χ1v) is 13.9. The number of nitrogens with zero attached hydrogens (tertiary/aromatic N) is 3. The minimum absolute atomic E-state index is 0.0988. The molecule has 2 aliphatic rings. The van der Waals surface area contributed by atoms with Crippen molar-refractivity contribution in [1.82, 2.24) is 14.1 Å². The van der Waals surface area contributed by atoms with Crippen LogP contribution in [-0.2, 0) is 27.9 Å². The van der Waals surface area contributed by atoms with Crippen LogP contribution in [0.5, 0.6) is 11.5 Å². The number of halogens is 1. The number of benzene rings is 3. The molecule has 194 valence electrons. The largest absolute Gasteiger partial charge is 0.454 e. The molecule has 0 N–H and O–H groups in total. The number of rotatable bonds is 8. The van der Waals surface area contributed by atoms with Crippen molar-refractivity contribution in [3.63, 3.8) is 0 Å². The van der Waals surface area contributed by atoms with E-state index in [-0.39, 0.29) is 30.7 Å². The molecule has 37 heavy (non-hydrogen) atoms. The predicted molar refractivity (Wildman–Crippen MR) is 140 cm³/mol. The topological polar surface area (TPSA) is 79.4 Å². The van der Waals surface area contributed by atoms with Crippen LogP contribution < -0.4 is 9.47 Å². The maximum Gasteiger partial charge on any atom is 0.243 e. The first kappa shape index (κ1) is 25.5. The summed E-state index contributed by atoms with van der Waals surface area (Å²) in [5, 5.41) is 0.447. The van der Waals surface area contributed by atoms with Crippen molar-refractivity contribution in [3.05, 3.63) is 88.9 Å². The highest BCUT2D eigenvalue weighted by Gasteiger charge is 2.30. The van der Waals surface area contributed by atoms with Crippen LogP contribution in [0.15, 0.2) is 77.7 Å². The van der Waals surface area contributed by atoms with Gasteiger partial charge in [0.25, 0.3) is 0 Å². The van der Waals surface area contributed by atoms with Gasteiger partial charge in [0.15, 0.2) is 11.5 Å². The highest BCUT2D eigenvalue weighted by Crippen LogP contribution is 2.33. The molecule has 0 spiro atoms. The standard InChI is InChI=1S/C27H28ClN3O5S/c28-23-7-9-24(10-8-23)37(33,34)31(18-21-4-2-1-3-5-21)19-27(32)30-14-12-29(13-15-30)17-22-6-11-25-26(16-22)36-20-35-25/h1-11,16H,12-15,17-20H2. The summed E-state index contributed by atoms with van der Waals surface area (Å²) in [6.07, 6.45) is 0. The fourth-order valence-electron chi connectivity index (χ4n) is 4.47. The third-order valence-electron chi connectivity index (χ3n) is 6.53. The fraction of sp³-hybridized carbons (Fsp3) is 0.296. The number of hydrogen-bond acceptors (Lipinski definition) is 6. The second-order valence-electron chi connectivity index (χ2n) is 9.06. The second kappa shape index (κ2) is 11.1. The molecule has 5 rings (SSSR count). The van der Waals surface area contributed by atoms with E-state index in [1.165, 1.54) is 28.6 Å². The molecule has 0 bridgehead atoms. The maximum atomic E-state index is 13.5. The molecule has 1 fully saturated rings. The number of hydrogen-bond donors (Lipinski definition) is 0. The minimum atomic E-state index is -3.91. The zero-order valence-electron chi connectivity index (χ0n) is 20.3. The van der Waals surface area contributed by atoms with Gasteiger partial charge < -0.3 is 14.4 Å². The molecule has 8 nitrogen and oxygen atoms in total. The van der Waals surface area contributed by atoms with Gasteiger partial charge in [0.2, 0.25) is 22.7 Å². The molecule has 1 saturated heterocycles. The lowest BCUT2D eigenvalue weighted by molar-refractivity contribution is -0.133. The van der Waals surface area contributed by atoms with Gasteiger partial charge in [-0.2, -0.15) is 4.31 Å². The maximum absolute atomic E-state index is 13.5. The van der Waals surface area contributed by atoms with Gasteiger partial charge in [-0.15, -0.1) is 0 Å². The Kier molecular flexibility index (Phi) is 7.66. The van der Waals surface area contributed by atoms with E-state index in [4.69, 9.17) is 21.1 Å². The quantitative estimate of drug-likeness (QED) is 0.433. The van der Waals surface area contributed by atoms with Crippen LogP contribution in [0.4, 0.5) is 0 Å². The van der Waals surface area contributed by atoms with Gasteiger partial charge >= 0.3 is 0 Å². The lowest BCUT2D eigenvalue weighted by Crippen LogP contribution is -2.51. The normalized spacial score (nSPS) is 15.8. The summed E-state index contributed by atoms with van der Waals surface area (Å²) in [6, 6.07) is 21.2. The molecule has 2 heterocycles. The Morgan fingerprint density at radius 2 is 1.57 bits per heavy atom. The summed E-state index contributed by atoms with van der Waals surface area (Å²) in [5.74, 6) is 1.30. The van der Waals surface area contributed by atoms with E-state index in [0.717, 1.165) is 29.2 Å². The Morgan fingerprint density at radius 1 is 0.865 bits per heavy atom. The molecular formula is C27H28ClN3O5S. The third kappa shape index (κ3) is 6.07. The fourth-order valence-corrected chi connectivity index (χ4v) is 5.98. The molecule has 0 atom stereocenters. The summed E-state index contributed by atoms with van der Waals surface area (Å²) in [7, 11) is -3.91. The lowest BCUT2D eigenvalue weighted by atomic mass is 10.1. The molecule has 3 aromatic rings. The monoisotopic (exact) mass is 541 g/mol. The van der Waals surface area contributed by atoms with Gasteiger partial charge in [0.1, 0.15) is 0 Å². The Morgan fingerprint density at radius 3 is 2.30 bits per heavy atom. The molecule has 1 amide bonds. The number of fused-ring (bicyclic) bond motifs is 1. The van der Waals surface area contributed by atoms with Gasteiger partial charge in [-0.1, -0.05) is 48.0 Å². The van der Waals surface area contributed by atoms with Crippen LogP contribution in [0.2, 0.25) is 5.02 Å². The minimum Gasteiger partial charge on any atom is -0.454 e. The third-order valence-corrected chi connectivity index (χ3v) is 8.59. The Bertz CT molecular complexity index is 1340. The first-order chi connectivity index (χ1) is 17.9. The van der Waals surface area contributed by atoms with Crippen molar-refractivity contribution >= 4 is 27.5 Å². The summed E-state index contributed by atoms with van der Waals surface area (Å²) >= 11 is 5.96. The van der Waals surface area contributed by atoms with E-state index in [1.54, 1.807) is 4.90 Å². The average Bonchev–Trinajstić information content (AvgIpc) is 3.37. The van der Waals surface area contributed by atoms with Crippen molar-refractivity contribution in [2.45, 2.75) is 18.0 Å². The number of ether oxygens (including phenoxy) is 2. The van der Waals surface area contributed by atoms with E-state index in [9.17, 15) is 13.2 Å². The van der Waals surface area contributed by atoms with Crippen molar-refractivity contribution < 1.29 is 22.7 Å². The molecule has 0 radical (unpaired) electrons. The van der Waals surface area contributed by atoms with Crippen LogP contribution in [0, 0.1) is 0 Å². The molecular weight excluding hydrogens is 514 g/mol. The highest BCUT2D eigenvalue weighted by molar-refractivity contribution is 7.89. The highest BCUT2D eigenvalue weighted by atomic mass is 35.5. The zero-order chi connectivity index (χ0) is 25.8. The first-order valence-electron chi connectivity index (χ1n) is 12.1. The number of sulfonamides is 1. The van der Waals surface area contributed by atoms with Gasteiger partial charge in [-0.25, -0.2) is 8.42 Å². The van der Waals surface area contributed by atoms with Gasteiger partial charge in [-0.05, 0) is 47.5 Å². The zero-order valence-corrected chi connectivity index (χ0v) is 21.8. The van der Waals surface area contributed by atoms with Crippen molar-refractivity contribution in [2.75, 3.05) is 39.5 Å². The van der Waals surface area contributed by atoms with E-state index in [2.05, 4.69) is 4.90 Å². The van der Waals surface area contributed by atoms with Crippen LogP contribution in [-0.4, -0.2) is 67.9 Å². The van der Waals surface area contributed by atoms with E-state index >= 15 is 0 Å². The smallest absolute Gasteiger partial charge is 0.243 e. The SMILES string of the molecule is O=C(CN(Cc1ccccc1)S(=O)(=O)c1ccc(Cl)cc1)N1CCN(Cc2ccc3c(c2)OCO3)CC1. The summed E-state index contributed by atoms with van der Waals surface area (Å²) in [5.41, 5.74) is 1.92. The van der Waals surface area contributed by atoms with Crippen molar-refractivity contribution in [1.29, 1.82) is 0 Å². The predicted octanol–water partition coefficient (Wildman–Crippen LogP) is 3.60. The Hall–Kier alpha value is -3.11. The average molecular weight is 542 g/mol. The molecule has 0 aliphatic carbocycles. The van der Waals surface area contributed by atoms with Crippen LogP contribution in [0.3, 0.4) is 0 Å². The van der Waals surface area contributed by atoms with E-state index in [0.29, 0.717) is 31.2 Å². The number of amides is 1. The number of piperazine rings is 1. The molecule has 10 heteroatoms. The molecule has 3 aromatic carbocycles. The van der Waals surface area contributed by atoms with Crippen LogP contribution >= 0.6 is 11.6 Å². The van der Waals surface area contributed by atoms with E-state index < -0.39 is 10.0 Å². The Labute approximate surface area is 222 Å². The Balaban J connectivity index is 1.24. The second-order valence-corrected chi connectivity index (χ2v) is 11.4. The summed E-state index contributed by atoms with van der Waals surface area (Å²) < 4.78 is 39.1. The van der Waals surface area contributed by atoms with E-state index in [1.807, 2.05) is 48.5 Å². The van der Waals surface area contributed by atoms with Gasteiger partial charge in [0, 0.05) is 44.3 Å². The number of carbonyl (C=O) groups excluding carboxylic acids is 1. The lowest BCUT2D eigenvalue weighted by Gasteiger charge is -2.35. The van der Waals surface area contributed by atoms with Crippen molar-refractivity contribution in [2.24, 2.45) is 0 Å². The molecule has 0 saturated carbocycles. The van der Waals surface area contributed by atoms with Crippen molar-refractivity contribution in [3.8, 4) is 11.5 Å². The van der Waals surface area contributed by atoms with Crippen LogP contribution in [0.1, 0.15) is 11.1 Å². The molecule has 2 aliphatic heterocycles. The van der Waals surface area contributed by atoms with Crippen LogP contribution in [0.25, 0.3) is 0 Å². The molecule has 0 unspecified atom stereocenters. The van der Waals surface area contributed by atoms with Gasteiger partial charge in [0.05, 0.1) is 11.4 Å². The summed E-state index contributed by atoms with van der Waals surface area (Å²) in [4.78, 5) is 17.4.